The smallest absolute Gasteiger partial charge is 0.407 e. The third-order valence-corrected chi connectivity index (χ3v) is 12.0. The SMILES string of the molecule is CC1=C2[C@@H](O)C(=O)[C@@]3(C)[C@H]([C@H](OC(=O)c4ccccc4)[C@](O)(CC1OC(=O)[C@H](O)[C@@H](NC(=O)OC(C)(C)C)C(C)(C)C)C2(C)C)[C@]1(O)CO[C@@H]1C[C@@H]3O.[Ac].[Ac]. The Kier molecular flexibility index (Phi) is 15.0. The van der Waals surface area contributed by atoms with Crippen LogP contribution in [0.3, 0.4) is 0 Å². The largest absolute Gasteiger partial charge is 0.456 e. The van der Waals surface area contributed by atoms with Crippen LogP contribution in [-0.4, -0.2) is 115 Å². The van der Waals surface area contributed by atoms with E-state index >= 15 is 0 Å². The predicted molar refractivity (Wildman–Crippen MR) is 188 cm³/mol. The normalized spacial score (nSPS) is 35.0. The van der Waals surface area contributed by atoms with Gasteiger partial charge in [0.1, 0.15) is 35.1 Å². The molecule has 0 aromatic heterocycles. The molecule has 2 radical (unpaired) electrons. The van der Waals surface area contributed by atoms with Crippen molar-refractivity contribution >= 4 is 23.8 Å². The maximum atomic E-state index is 14.6. The number of aliphatic hydroxyl groups excluding tert-OH is 3. The summed E-state index contributed by atoms with van der Waals surface area (Å²) in [5.74, 6) is -4.48. The molecule has 1 aliphatic heterocycles. The number of alkyl carbamates (subject to hydrolysis) is 1. The van der Waals surface area contributed by atoms with E-state index < -0.39 is 112 Å². The van der Waals surface area contributed by atoms with Crippen LogP contribution < -0.4 is 5.32 Å². The van der Waals surface area contributed by atoms with Crippen LogP contribution in [0.1, 0.15) is 92.4 Å². The van der Waals surface area contributed by atoms with Gasteiger partial charge in [0, 0.05) is 112 Å². The molecule has 16 heteroatoms. The van der Waals surface area contributed by atoms with Gasteiger partial charge in [0.25, 0.3) is 0 Å². The number of nitrogens with one attached hydrogen (secondary N) is 1. The first kappa shape index (κ1) is 48.8. The number of carbonyl (C=O) groups is 4. The van der Waals surface area contributed by atoms with E-state index in [4.69, 9.17) is 18.9 Å². The number of carbonyl (C=O) groups excluding carboxylic acids is 4. The number of esters is 2. The van der Waals surface area contributed by atoms with Crippen molar-refractivity contribution in [2.75, 3.05) is 6.61 Å². The first-order chi connectivity index (χ1) is 24.2. The van der Waals surface area contributed by atoms with Crippen molar-refractivity contribution in [1.82, 2.24) is 5.32 Å². The van der Waals surface area contributed by atoms with Crippen LogP contribution in [0.5, 0.6) is 0 Å². The average Bonchev–Trinajstić information content (AvgIpc) is 3.04. The molecule has 1 amide bonds. The summed E-state index contributed by atoms with van der Waals surface area (Å²) in [4.78, 5) is 55.1. The fourth-order valence-corrected chi connectivity index (χ4v) is 8.93. The topological polar surface area (TPSA) is 218 Å². The van der Waals surface area contributed by atoms with Crippen molar-refractivity contribution in [3.8, 4) is 0 Å². The van der Waals surface area contributed by atoms with Crippen molar-refractivity contribution in [2.24, 2.45) is 22.2 Å². The van der Waals surface area contributed by atoms with Crippen LogP contribution in [0.2, 0.25) is 0 Å². The molecule has 11 atom stereocenters. The molecule has 300 valence electrons. The molecule has 0 spiro atoms. The van der Waals surface area contributed by atoms with Gasteiger partial charge in [0.15, 0.2) is 11.9 Å². The molecular weight excluding hydrogens is 1140 g/mol. The number of benzene rings is 1. The second-order valence-corrected chi connectivity index (χ2v) is 18.0. The zero-order valence-electron chi connectivity index (χ0n) is 33.3. The van der Waals surface area contributed by atoms with Crippen LogP contribution in [-0.2, 0) is 28.5 Å². The summed E-state index contributed by atoms with van der Waals surface area (Å²) < 4.78 is 23.1. The quantitative estimate of drug-likeness (QED) is 0.137. The Balaban J connectivity index is 0.00000406. The zero-order chi connectivity index (χ0) is 39.9. The Bertz CT molecular complexity index is 1670. The minimum Gasteiger partial charge on any atom is -0.456 e. The van der Waals surface area contributed by atoms with Crippen LogP contribution in [0.25, 0.3) is 0 Å². The predicted octanol–water partition coefficient (Wildman–Crippen LogP) is 2.36. The van der Waals surface area contributed by atoms with Crippen molar-refractivity contribution in [3.63, 3.8) is 0 Å². The Morgan fingerprint density at radius 3 is 2.05 bits per heavy atom. The second-order valence-electron chi connectivity index (χ2n) is 18.0. The molecule has 4 aliphatic rings. The zero-order valence-corrected chi connectivity index (χ0v) is 42.8. The Labute approximate surface area is 393 Å². The average molecular weight is 1200 g/mol. The maximum Gasteiger partial charge on any atom is 0.407 e. The van der Waals surface area contributed by atoms with E-state index in [1.165, 1.54) is 26.0 Å². The van der Waals surface area contributed by atoms with E-state index in [2.05, 4.69) is 5.32 Å². The molecule has 6 N–H and O–H groups in total. The fraction of sp³-hybridized carbons (Fsp3) is 0.692. The molecule has 1 aromatic rings. The Hall–Kier alpha value is -0.517. The number of rotatable bonds is 6. The van der Waals surface area contributed by atoms with E-state index in [1.807, 2.05) is 0 Å². The minimum absolute atomic E-state index is 0. The van der Waals surface area contributed by atoms with Gasteiger partial charge in [0.2, 0.25) is 0 Å². The molecule has 3 aliphatic carbocycles. The maximum absolute atomic E-state index is 14.6. The number of hydrogen-bond acceptors (Lipinski definition) is 13. The van der Waals surface area contributed by atoms with Gasteiger partial charge in [-0.3, -0.25) is 4.79 Å². The molecule has 55 heavy (non-hydrogen) atoms. The van der Waals surface area contributed by atoms with E-state index in [0.717, 1.165) is 0 Å². The number of Topliss-reactive ketones (excluding diaryl/α,β-unsaturated/α-hetero) is 1. The molecule has 5 rings (SSSR count). The van der Waals surface area contributed by atoms with Gasteiger partial charge in [-0.25, -0.2) is 14.4 Å². The summed E-state index contributed by atoms with van der Waals surface area (Å²) in [7, 11) is 0. The number of ketones is 1. The van der Waals surface area contributed by atoms with E-state index in [0.29, 0.717) is 0 Å². The van der Waals surface area contributed by atoms with Crippen LogP contribution in [0, 0.1) is 110 Å². The van der Waals surface area contributed by atoms with E-state index in [9.17, 15) is 44.7 Å². The number of ether oxygens (including phenoxy) is 4. The number of fused-ring (bicyclic) bond motifs is 5. The molecular formula is C39H55Ac2NO13. The summed E-state index contributed by atoms with van der Waals surface area (Å²) in [5.41, 5.74) is -9.23. The van der Waals surface area contributed by atoms with Crippen molar-refractivity contribution < 1.29 is 152 Å². The standard InChI is InChI=1S/C39H55NO13.2Ac/c1-19-21(51-32(46)26(43)28(34(2,3)4)40-33(47)53-35(5,6)7)17-39(49)30(52-31(45)20-14-12-11-13-15-20)27-37(10,22(41)16-23-38(27,48)18-50-23)29(44)25(42)24(19)36(39,8)9;;/h11-15,21-23,25-28,30,41-43,48-49H,16-18H2,1-10H3,(H,40,47);;/t21?,22-,23+,25+,26+,27-,28+,30-,37+,38-,39+;;/m0../s1. The van der Waals surface area contributed by atoms with Gasteiger partial charge >= 0.3 is 18.0 Å². The van der Waals surface area contributed by atoms with E-state index in [1.54, 1.807) is 73.6 Å². The van der Waals surface area contributed by atoms with Crippen molar-refractivity contribution in [1.29, 1.82) is 0 Å². The summed E-state index contributed by atoms with van der Waals surface area (Å²) in [5, 5.41) is 62.9. The van der Waals surface area contributed by atoms with Gasteiger partial charge < -0.3 is 49.8 Å². The van der Waals surface area contributed by atoms with Gasteiger partial charge in [-0.05, 0) is 63.3 Å². The van der Waals surface area contributed by atoms with Crippen LogP contribution >= 0.6 is 0 Å². The van der Waals surface area contributed by atoms with Crippen LogP contribution in [0.15, 0.2) is 41.5 Å². The molecule has 1 heterocycles. The molecule has 14 nitrogen and oxygen atoms in total. The molecule has 2 saturated carbocycles. The number of hydrogen-bond donors (Lipinski definition) is 6. The summed E-state index contributed by atoms with van der Waals surface area (Å²) in [6, 6.07) is 6.69. The first-order valence-electron chi connectivity index (χ1n) is 18.0. The molecule has 3 fully saturated rings. The molecule has 1 aromatic carbocycles. The van der Waals surface area contributed by atoms with E-state index in [-0.39, 0.29) is 118 Å². The van der Waals surface area contributed by atoms with Crippen LogP contribution in [0.4, 0.5) is 4.79 Å². The van der Waals surface area contributed by atoms with Gasteiger partial charge in [-0.1, -0.05) is 52.8 Å². The molecule has 1 unspecified atom stereocenters. The summed E-state index contributed by atoms with van der Waals surface area (Å²) in [6.07, 6.45) is -11.1. The number of amides is 1. The Morgan fingerprint density at radius 2 is 1.55 bits per heavy atom. The molecule has 2 bridgehead atoms. The van der Waals surface area contributed by atoms with Gasteiger partial charge in [-0.15, -0.1) is 0 Å². The fourth-order valence-electron chi connectivity index (χ4n) is 8.93. The third kappa shape index (κ3) is 8.59. The van der Waals surface area contributed by atoms with Crippen molar-refractivity contribution in [3.05, 3.63) is 47.0 Å². The van der Waals surface area contributed by atoms with Crippen molar-refractivity contribution in [2.45, 2.75) is 142 Å². The Morgan fingerprint density at radius 1 is 0.964 bits per heavy atom. The third-order valence-electron chi connectivity index (χ3n) is 12.0. The minimum atomic E-state index is -2.29. The first-order valence-corrected chi connectivity index (χ1v) is 18.0. The summed E-state index contributed by atoms with van der Waals surface area (Å²) >= 11 is 0. The van der Waals surface area contributed by atoms with Gasteiger partial charge in [0.05, 0.1) is 35.8 Å². The molecule has 1 saturated heterocycles. The number of aliphatic hydroxyl groups is 5. The monoisotopic (exact) mass is 1200 g/mol. The second kappa shape index (κ2) is 16.9. The van der Waals surface area contributed by atoms with Gasteiger partial charge in [-0.2, -0.15) is 0 Å². The summed E-state index contributed by atoms with van der Waals surface area (Å²) in [6.45, 7) is 15.7.